The van der Waals surface area contributed by atoms with Gasteiger partial charge in [-0.2, -0.15) is 5.26 Å². The van der Waals surface area contributed by atoms with Crippen molar-refractivity contribution in [2.75, 3.05) is 17.2 Å². The number of aryl methyl sites for hydroxylation is 1. The van der Waals surface area contributed by atoms with Gasteiger partial charge in [-0.15, -0.1) is 0 Å². The predicted octanol–water partition coefficient (Wildman–Crippen LogP) is 3.96. The smallest absolute Gasteiger partial charge is 0.226 e. The largest absolute Gasteiger partial charge is 0.384 e. The standard InChI is InChI=1S/C17H16ClN3O/c1-12-5-6-14(18)10-16(12)21-17(22)7-8-20-15-4-2-3-13(9-15)11-19/h2-6,9-10,20H,7-8H2,1H3,(H,21,22). The van der Waals surface area contributed by atoms with E-state index in [-0.39, 0.29) is 5.91 Å². The number of nitrogens with zero attached hydrogens (tertiary/aromatic N) is 1. The fourth-order valence-electron chi connectivity index (χ4n) is 1.96. The van der Waals surface area contributed by atoms with Gasteiger partial charge in [-0.3, -0.25) is 4.79 Å². The summed E-state index contributed by atoms with van der Waals surface area (Å²) in [6.45, 7) is 2.40. The van der Waals surface area contributed by atoms with Gasteiger partial charge in [0.15, 0.2) is 0 Å². The van der Waals surface area contributed by atoms with Crippen molar-refractivity contribution in [2.45, 2.75) is 13.3 Å². The summed E-state index contributed by atoms with van der Waals surface area (Å²) in [5.74, 6) is -0.0886. The van der Waals surface area contributed by atoms with E-state index >= 15 is 0 Å². The van der Waals surface area contributed by atoms with Gasteiger partial charge < -0.3 is 10.6 Å². The Hall–Kier alpha value is -2.51. The molecule has 0 fully saturated rings. The van der Waals surface area contributed by atoms with E-state index < -0.39 is 0 Å². The zero-order chi connectivity index (χ0) is 15.9. The molecule has 0 saturated heterocycles. The Bertz CT molecular complexity index is 722. The van der Waals surface area contributed by atoms with Crippen LogP contribution in [0.3, 0.4) is 0 Å². The van der Waals surface area contributed by atoms with Gasteiger partial charge in [-0.05, 0) is 42.8 Å². The number of nitrogens with one attached hydrogen (secondary N) is 2. The van der Waals surface area contributed by atoms with E-state index in [9.17, 15) is 4.79 Å². The zero-order valence-electron chi connectivity index (χ0n) is 12.2. The van der Waals surface area contributed by atoms with Crippen LogP contribution in [0.4, 0.5) is 11.4 Å². The van der Waals surface area contributed by atoms with Crippen molar-refractivity contribution in [1.29, 1.82) is 5.26 Å². The zero-order valence-corrected chi connectivity index (χ0v) is 12.9. The number of nitriles is 1. The highest BCUT2D eigenvalue weighted by Gasteiger charge is 2.05. The summed E-state index contributed by atoms with van der Waals surface area (Å²) in [6.07, 6.45) is 0.322. The monoisotopic (exact) mass is 313 g/mol. The lowest BCUT2D eigenvalue weighted by molar-refractivity contribution is -0.115. The molecule has 2 rings (SSSR count). The topological polar surface area (TPSA) is 64.9 Å². The van der Waals surface area contributed by atoms with Gasteiger partial charge in [0.2, 0.25) is 5.91 Å². The van der Waals surface area contributed by atoms with Gasteiger partial charge in [-0.25, -0.2) is 0 Å². The Morgan fingerprint density at radius 3 is 2.86 bits per heavy atom. The second-order valence-corrected chi connectivity index (χ2v) is 5.31. The second-order valence-electron chi connectivity index (χ2n) is 4.88. The van der Waals surface area contributed by atoms with Crippen LogP contribution in [-0.2, 0) is 4.79 Å². The molecule has 5 heteroatoms. The lowest BCUT2D eigenvalue weighted by Gasteiger charge is -2.10. The molecule has 0 saturated carbocycles. The van der Waals surface area contributed by atoms with Crippen molar-refractivity contribution in [3.8, 4) is 6.07 Å². The normalized spacial score (nSPS) is 9.86. The molecule has 0 spiro atoms. The molecule has 0 bridgehead atoms. The molecule has 0 heterocycles. The van der Waals surface area contributed by atoms with Crippen molar-refractivity contribution in [2.24, 2.45) is 0 Å². The molecule has 2 N–H and O–H groups in total. The lowest BCUT2D eigenvalue weighted by Crippen LogP contribution is -2.16. The minimum absolute atomic E-state index is 0.0886. The Labute approximate surface area is 134 Å². The summed E-state index contributed by atoms with van der Waals surface area (Å²) in [5, 5.41) is 15.4. The average Bonchev–Trinajstić information content (AvgIpc) is 2.51. The molecule has 4 nitrogen and oxygen atoms in total. The summed E-state index contributed by atoms with van der Waals surface area (Å²) in [4.78, 5) is 11.9. The Kier molecular flexibility index (Phi) is 5.40. The number of benzene rings is 2. The number of carbonyl (C=O) groups excluding carboxylic acids is 1. The van der Waals surface area contributed by atoms with Gasteiger partial charge in [0.25, 0.3) is 0 Å². The van der Waals surface area contributed by atoms with Crippen LogP contribution in [0.25, 0.3) is 0 Å². The Morgan fingerprint density at radius 1 is 1.27 bits per heavy atom. The van der Waals surface area contributed by atoms with E-state index in [1.54, 1.807) is 30.3 Å². The third-order valence-electron chi connectivity index (χ3n) is 3.15. The predicted molar refractivity (Wildman–Crippen MR) is 89.1 cm³/mol. The molecule has 0 atom stereocenters. The fourth-order valence-corrected chi connectivity index (χ4v) is 2.13. The highest BCUT2D eigenvalue weighted by Crippen LogP contribution is 2.20. The van der Waals surface area contributed by atoms with Crippen molar-refractivity contribution in [3.05, 3.63) is 58.6 Å². The van der Waals surface area contributed by atoms with E-state index in [0.29, 0.717) is 23.6 Å². The molecule has 22 heavy (non-hydrogen) atoms. The molecule has 0 unspecified atom stereocenters. The summed E-state index contributed by atoms with van der Waals surface area (Å²) in [6, 6.07) is 14.6. The van der Waals surface area contributed by atoms with Crippen molar-refractivity contribution in [3.63, 3.8) is 0 Å². The summed E-state index contributed by atoms with van der Waals surface area (Å²) < 4.78 is 0. The minimum Gasteiger partial charge on any atom is -0.384 e. The first-order valence-corrected chi connectivity index (χ1v) is 7.26. The molecule has 0 aromatic heterocycles. The molecule has 1 amide bonds. The van der Waals surface area contributed by atoms with Gasteiger partial charge in [0.05, 0.1) is 11.6 Å². The lowest BCUT2D eigenvalue weighted by atomic mass is 10.2. The highest BCUT2D eigenvalue weighted by atomic mass is 35.5. The van der Waals surface area contributed by atoms with Crippen LogP contribution in [0.15, 0.2) is 42.5 Å². The van der Waals surface area contributed by atoms with Crippen LogP contribution < -0.4 is 10.6 Å². The molecule has 0 radical (unpaired) electrons. The van der Waals surface area contributed by atoms with Crippen LogP contribution in [0.2, 0.25) is 5.02 Å². The molecule has 2 aromatic rings. The van der Waals surface area contributed by atoms with Crippen molar-refractivity contribution >= 4 is 28.9 Å². The van der Waals surface area contributed by atoms with Gasteiger partial charge in [0, 0.05) is 29.4 Å². The first kappa shape index (κ1) is 15.9. The fraction of sp³-hybridized carbons (Fsp3) is 0.176. The molecular weight excluding hydrogens is 298 g/mol. The van der Waals surface area contributed by atoms with Crippen LogP contribution in [0.1, 0.15) is 17.5 Å². The Morgan fingerprint density at radius 2 is 2.09 bits per heavy atom. The number of hydrogen-bond acceptors (Lipinski definition) is 3. The number of carbonyl (C=O) groups is 1. The average molecular weight is 314 g/mol. The second kappa shape index (κ2) is 7.48. The summed E-state index contributed by atoms with van der Waals surface area (Å²) >= 11 is 5.92. The molecule has 112 valence electrons. The highest BCUT2D eigenvalue weighted by molar-refractivity contribution is 6.31. The first-order valence-electron chi connectivity index (χ1n) is 6.88. The SMILES string of the molecule is Cc1ccc(Cl)cc1NC(=O)CCNc1cccc(C#N)c1. The van der Waals surface area contributed by atoms with Crippen LogP contribution in [0.5, 0.6) is 0 Å². The number of rotatable bonds is 5. The quantitative estimate of drug-likeness (QED) is 0.878. The Balaban J connectivity index is 1.85. The van der Waals surface area contributed by atoms with Crippen molar-refractivity contribution in [1.82, 2.24) is 0 Å². The molecular formula is C17H16ClN3O. The summed E-state index contributed by atoms with van der Waals surface area (Å²) in [7, 11) is 0. The number of anilines is 2. The first-order chi connectivity index (χ1) is 10.6. The number of halogens is 1. The third-order valence-corrected chi connectivity index (χ3v) is 3.38. The van der Waals surface area contributed by atoms with Gasteiger partial charge in [0.1, 0.15) is 0 Å². The van der Waals surface area contributed by atoms with Crippen LogP contribution >= 0.6 is 11.6 Å². The molecule has 0 aliphatic heterocycles. The van der Waals surface area contributed by atoms with E-state index in [1.165, 1.54) is 0 Å². The van der Waals surface area contributed by atoms with E-state index in [2.05, 4.69) is 16.7 Å². The van der Waals surface area contributed by atoms with E-state index in [4.69, 9.17) is 16.9 Å². The maximum Gasteiger partial charge on any atom is 0.226 e. The third kappa shape index (κ3) is 4.51. The van der Waals surface area contributed by atoms with E-state index in [1.807, 2.05) is 19.1 Å². The van der Waals surface area contributed by atoms with Crippen LogP contribution in [-0.4, -0.2) is 12.5 Å². The maximum atomic E-state index is 11.9. The molecule has 2 aromatic carbocycles. The van der Waals surface area contributed by atoms with E-state index in [0.717, 1.165) is 16.9 Å². The van der Waals surface area contributed by atoms with Gasteiger partial charge in [-0.1, -0.05) is 23.7 Å². The molecule has 0 aliphatic carbocycles. The number of amides is 1. The summed E-state index contributed by atoms with van der Waals surface area (Å²) in [5.41, 5.74) is 3.10. The maximum absolute atomic E-state index is 11.9. The molecule has 0 aliphatic rings. The van der Waals surface area contributed by atoms with Gasteiger partial charge >= 0.3 is 0 Å². The van der Waals surface area contributed by atoms with Crippen molar-refractivity contribution < 1.29 is 4.79 Å². The number of hydrogen-bond donors (Lipinski definition) is 2. The van der Waals surface area contributed by atoms with Crippen LogP contribution in [0, 0.1) is 18.3 Å². The minimum atomic E-state index is -0.0886.